The molecule has 156 valence electrons. The van der Waals surface area contributed by atoms with Crippen LogP contribution in [0.4, 0.5) is 30.7 Å². The highest BCUT2D eigenvalue weighted by atomic mass is 79.9. The van der Waals surface area contributed by atoms with Gasteiger partial charge in [0.05, 0.1) is 10.6 Å². The third-order valence-corrected chi connectivity index (χ3v) is 5.11. The van der Waals surface area contributed by atoms with Crippen LogP contribution in [0.5, 0.6) is 0 Å². The van der Waals surface area contributed by atoms with E-state index in [1.54, 1.807) is 0 Å². The Balaban J connectivity index is 2.58. The molecule has 0 heterocycles. The van der Waals surface area contributed by atoms with Gasteiger partial charge in [0.2, 0.25) is 0 Å². The van der Waals surface area contributed by atoms with E-state index in [2.05, 4.69) is 22.5 Å². The molecule has 0 aliphatic carbocycles. The minimum atomic E-state index is -4.99. The van der Waals surface area contributed by atoms with Crippen molar-refractivity contribution in [3.63, 3.8) is 0 Å². The van der Waals surface area contributed by atoms with Crippen LogP contribution in [-0.2, 0) is 6.18 Å². The molecule has 0 fully saturated rings. The Labute approximate surface area is 174 Å². The normalized spacial score (nSPS) is 14.0. The first-order valence-corrected chi connectivity index (χ1v) is 8.87. The Morgan fingerprint density at radius 2 is 1.69 bits per heavy atom. The predicted octanol–water partition coefficient (Wildman–Crippen LogP) is 8.31. The Morgan fingerprint density at radius 1 is 1.07 bits per heavy atom. The molecular formula is C19H11BrClF7O. The topological polar surface area (TPSA) is 20.2 Å². The summed E-state index contributed by atoms with van der Waals surface area (Å²) < 4.78 is 94.7. The van der Waals surface area contributed by atoms with Crippen LogP contribution in [0.3, 0.4) is 0 Å². The third-order valence-electron chi connectivity index (χ3n) is 3.88. The predicted molar refractivity (Wildman–Crippen MR) is 100 cm³/mol. The molecule has 2 aromatic rings. The fourth-order valence-corrected chi connectivity index (χ4v) is 2.94. The lowest BCUT2D eigenvalue weighted by molar-refractivity contribution is -0.140. The maximum atomic E-state index is 14.5. The number of allylic oxidation sites excluding steroid dienone is 1. The highest BCUT2D eigenvalue weighted by Crippen LogP contribution is 2.41. The number of aliphatic hydroxyl groups excluding tert-OH is 1. The summed E-state index contributed by atoms with van der Waals surface area (Å²) in [7, 11) is 0. The molecule has 0 saturated heterocycles. The molecule has 0 spiro atoms. The zero-order valence-corrected chi connectivity index (χ0v) is 16.5. The van der Waals surface area contributed by atoms with Crippen LogP contribution in [-0.4, -0.2) is 11.3 Å². The molecule has 1 atom stereocenters. The Hall–Kier alpha value is -2.00. The second-order valence-electron chi connectivity index (χ2n) is 5.91. The molecule has 0 radical (unpaired) electrons. The maximum absolute atomic E-state index is 14.5. The number of aliphatic hydroxyl groups is 1. The van der Waals surface area contributed by atoms with Crippen LogP contribution in [0.1, 0.15) is 28.2 Å². The molecule has 0 aliphatic heterocycles. The van der Waals surface area contributed by atoms with Crippen LogP contribution in [0, 0.1) is 0 Å². The van der Waals surface area contributed by atoms with Crippen LogP contribution >= 0.6 is 27.5 Å². The molecule has 10 heteroatoms. The Kier molecular flexibility index (Phi) is 6.74. The Morgan fingerprint density at radius 3 is 2.17 bits per heavy atom. The summed E-state index contributed by atoms with van der Waals surface area (Å²) in [4.78, 5) is 0. The van der Waals surface area contributed by atoms with Crippen molar-refractivity contribution in [1.29, 1.82) is 0 Å². The SMILES string of the molecule is C=C(O)c1ccc(/C(F)=C/C(c2ccc(Br)c(Cl)c2)C(F)(F)F)cc1C(F)(F)F. The third kappa shape index (κ3) is 5.54. The van der Waals surface area contributed by atoms with Crippen molar-refractivity contribution in [2.24, 2.45) is 0 Å². The summed E-state index contributed by atoms with van der Waals surface area (Å²) in [5.41, 5.74) is -3.26. The zero-order chi connectivity index (χ0) is 22.1. The minimum absolute atomic E-state index is 0.0456. The fraction of sp³-hybridized carbons (Fsp3) is 0.158. The first-order chi connectivity index (χ1) is 13.2. The van der Waals surface area contributed by atoms with Gasteiger partial charge in [-0.25, -0.2) is 4.39 Å². The highest BCUT2D eigenvalue weighted by molar-refractivity contribution is 9.10. The summed E-state index contributed by atoms with van der Waals surface area (Å²) in [6, 6.07) is 5.15. The van der Waals surface area contributed by atoms with Crippen molar-refractivity contribution < 1.29 is 35.8 Å². The van der Waals surface area contributed by atoms with Gasteiger partial charge in [0.15, 0.2) is 0 Å². The van der Waals surface area contributed by atoms with Crippen LogP contribution < -0.4 is 0 Å². The number of hydrogen-bond donors (Lipinski definition) is 1. The van der Waals surface area contributed by atoms with Gasteiger partial charge in [-0.2, -0.15) is 26.3 Å². The average molecular weight is 504 g/mol. The van der Waals surface area contributed by atoms with Gasteiger partial charge in [0.25, 0.3) is 0 Å². The summed E-state index contributed by atoms with van der Waals surface area (Å²) in [6.45, 7) is 2.99. The monoisotopic (exact) mass is 502 g/mol. The fourth-order valence-electron chi connectivity index (χ4n) is 2.51. The summed E-state index contributed by atoms with van der Waals surface area (Å²) in [6.07, 6.45) is -9.75. The van der Waals surface area contributed by atoms with Gasteiger partial charge in [0.1, 0.15) is 17.5 Å². The van der Waals surface area contributed by atoms with Crippen molar-refractivity contribution in [1.82, 2.24) is 0 Å². The zero-order valence-electron chi connectivity index (χ0n) is 14.2. The van der Waals surface area contributed by atoms with Crippen molar-refractivity contribution in [2.45, 2.75) is 18.3 Å². The lowest BCUT2D eigenvalue weighted by Gasteiger charge is -2.19. The summed E-state index contributed by atoms with van der Waals surface area (Å²) >= 11 is 8.82. The van der Waals surface area contributed by atoms with Crippen molar-refractivity contribution in [2.75, 3.05) is 0 Å². The van der Waals surface area contributed by atoms with E-state index < -0.39 is 52.1 Å². The summed E-state index contributed by atoms with van der Waals surface area (Å²) in [5, 5.41) is 9.23. The number of benzene rings is 2. The largest absolute Gasteiger partial charge is 0.508 e. The highest BCUT2D eigenvalue weighted by Gasteiger charge is 2.40. The lowest BCUT2D eigenvalue weighted by Crippen LogP contribution is -2.19. The number of alkyl halides is 6. The van der Waals surface area contributed by atoms with Gasteiger partial charge < -0.3 is 5.11 Å². The molecule has 2 rings (SSSR count). The van der Waals surface area contributed by atoms with E-state index in [0.717, 1.165) is 24.3 Å². The van der Waals surface area contributed by atoms with E-state index in [-0.39, 0.29) is 11.1 Å². The standard InChI is InChI=1S/C19H11BrClF7O/c1-9(29)12-4-2-11(6-14(12)19(26,27)28)17(22)8-13(18(23,24)25)10-3-5-15(20)16(21)7-10/h2-8,13,29H,1H2/b17-8-. The Bertz CT molecular complexity index is 964. The second-order valence-corrected chi connectivity index (χ2v) is 7.17. The van der Waals surface area contributed by atoms with E-state index in [0.29, 0.717) is 10.5 Å². The molecule has 0 saturated carbocycles. The molecular weight excluding hydrogens is 493 g/mol. The lowest BCUT2D eigenvalue weighted by atomic mass is 9.95. The van der Waals surface area contributed by atoms with Gasteiger partial charge >= 0.3 is 12.4 Å². The summed E-state index contributed by atoms with van der Waals surface area (Å²) in [5.74, 6) is -4.88. The first kappa shape index (κ1) is 23.3. The van der Waals surface area contributed by atoms with Crippen LogP contribution in [0.25, 0.3) is 11.6 Å². The molecule has 0 aliphatic rings. The van der Waals surface area contributed by atoms with Gasteiger partial charge in [-0.05, 0) is 51.8 Å². The average Bonchev–Trinajstić information content (AvgIpc) is 2.59. The molecule has 1 nitrogen and oxygen atoms in total. The molecule has 29 heavy (non-hydrogen) atoms. The molecule has 1 N–H and O–H groups in total. The number of hydrogen-bond acceptors (Lipinski definition) is 1. The van der Waals surface area contributed by atoms with Crippen molar-refractivity contribution in [3.05, 3.63) is 80.8 Å². The van der Waals surface area contributed by atoms with E-state index in [1.165, 1.54) is 6.07 Å². The van der Waals surface area contributed by atoms with E-state index in [4.69, 9.17) is 11.6 Å². The van der Waals surface area contributed by atoms with Gasteiger partial charge in [-0.1, -0.05) is 30.3 Å². The van der Waals surface area contributed by atoms with Crippen LogP contribution in [0.2, 0.25) is 5.02 Å². The van der Waals surface area contributed by atoms with E-state index >= 15 is 0 Å². The molecule has 0 amide bonds. The first-order valence-electron chi connectivity index (χ1n) is 7.70. The smallest absolute Gasteiger partial charge is 0.417 e. The van der Waals surface area contributed by atoms with Crippen LogP contribution in [0.15, 0.2) is 53.5 Å². The maximum Gasteiger partial charge on any atom is 0.417 e. The van der Waals surface area contributed by atoms with Crippen molar-refractivity contribution >= 4 is 39.1 Å². The quantitative estimate of drug-likeness (QED) is 0.329. The van der Waals surface area contributed by atoms with Gasteiger partial charge in [-0.15, -0.1) is 0 Å². The molecule has 0 bridgehead atoms. The van der Waals surface area contributed by atoms with E-state index in [1.807, 2.05) is 0 Å². The number of halogens is 9. The number of rotatable bonds is 4. The molecule has 0 aromatic heterocycles. The van der Waals surface area contributed by atoms with E-state index in [9.17, 15) is 35.8 Å². The minimum Gasteiger partial charge on any atom is -0.508 e. The molecule has 2 aromatic carbocycles. The van der Waals surface area contributed by atoms with Gasteiger partial charge in [-0.3, -0.25) is 0 Å². The molecule has 1 unspecified atom stereocenters. The van der Waals surface area contributed by atoms with Gasteiger partial charge in [0, 0.05) is 15.6 Å². The van der Waals surface area contributed by atoms with Crippen molar-refractivity contribution in [3.8, 4) is 0 Å². The second kappa shape index (κ2) is 8.39.